The van der Waals surface area contributed by atoms with Crippen LogP contribution in [0.3, 0.4) is 0 Å². The monoisotopic (exact) mass is 323 g/mol. The number of anilines is 1. The number of nitrogens with zero attached hydrogens (tertiary/aromatic N) is 7. The van der Waals surface area contributed by atoms with E-state index in [1.807, 2.05) is 12.3 Å². The molecule has 3 aromatic heterocycles. The zero-order chi connectivity index (χ0) is 15.9. The van der Waals surface area contributed by atoms with Crippen molar-refractivity contribution in [3.8, 4) is 5.82 Å². The number of hydrogen-bond donors (Lipinski definition) is 0. The van der Waals surface area contributed by atoms with Gasteiger partial charge in [-0.3, -0.25) is 4.98 Å². The second-order valence-electron chi connectivity index (χ2n) is 6.38. The summed E-state index contributed by atoms with van der Waals surface area (Å²) in [5.41, 5.74) is 0. The maximum absolute atomic E-state index is 5.48. The van der Waals surface area contributed by atoms with Crippen LogP contribution in [0.4, 0.5) is 5.82 Å². The molecule has 5 rings (SSSR count). The average Bonchev–Trinajstić information content (AvgIpc) is 3.07. The normalized spacial score (nSPS) is 20.7. The summed E-state index contributed by atoms with van der Waals surface area (Å²) in [5, 5.41) is 8.33. The topological polar surface area (TPSA) is 85.8 Å². The summed E-state index contributed by atoms with van der Waals surface area (Å²) in [6.45, 7) is 1.73. The van der Waals surface area contributed by atoms with Crippen molar-refractivity contribution in [1.82, 2.24) is 29.9 Å². The summed E-state index contributed by atoms with van der Waals surface area (Å²) in [7, 11) is 0. The lowest BCUT2D eigenvalue weighted by Gasteiger charge is -2.16. The molecule has 1 aliphatic heterocycles. The predicted molar refractivity (Wildman–Crippen MR) is 85.0 cm³/mol. The maximum Gasteiger partial charge on any atom is 0.231 e. The highest BCUT2D eigenvalue weighted by atomic mass is 16.5. The molecule has 3 aromatic rings. The van der Waals surface area contributed by atoms with Crippen LogP contribution in [0.1, 0.15) is 42.8 Å². The van der Waals surface area contributed by atoms with Gasteiger partial charge in [0.05, 0.1) is 18.3 Å². The third-order valence-corrected chi connectivity index (χ3v) is 4.61. The number of aromatic nitrogens is 6. The van der Waals surface area contributed by atoms with E-state index < -0.39 is 0 Å². The summed E-state index contributed by atoms with van der Waals surface area (Å²) >= 11 is 0. The quantitative estimate of drug-likeness (QED) is 0.725. The molecule has 0 unspecified atom stereocenters. The Kier molecular flexibility index (Phi) is 3.07. The van der Waals surface area contributed by atoms with Gasteiger partial charge in [0.25, 0.3) is 0 Å². The number of rotatable bonds is 4. The molecule has 1 atom stereocenters. The van der Waals surface area contributed by atoms with Gasteiger partial charge in [-0.25, -0.2) is 9.67 Å². The molecule has 2 fully saturated rings. The largest absolute Gasteiger partial charge is 0.354 e. The molecule has 1 aliphatic carbocycles. The molecule has 0 amide bonds. The van der Waals surface area contributed by atoms with Crippen molar-refractivity contribution in [2.24, 2.45) is 0 Å². The first-order valence-electron chi connectivity index (χ1n) is 8.27. The molecule has 24 heavy (non-hydrogen) atoms. The molecule has 8 nitrogen and oxygen atoms in total. The van der Waals surface area contributed by atoms with Crippen molar-refractivity contribution < 1.29 is 4.52 Å². The second-order valence-corrected chi connectivity index (χ2v) is 6.38. The summed E-state index contributed by atoms with van der Waals surface area (Å²) in [6, 6.07) is 1.87. The summed E-state index contributed by atoms with van der Waals surface area (Å²) in [6.07, 6.45) is 10.5. The minimum absolute atomic E-state index is 0.264. The van der Waals surface area contributed by atoms with Crippen molar-refractivity contribution in [1.29, 1.82) is 0 Å². The first-order chi connectivity index (χ1) is 11.9. The van der Waals surface area contributed by atoms with E-state index in [9.17, 15) is 0 Å². The molecule has 1 saturated heterocycles. The van der Waals surface area contributed by atoms with E-state index in [1.165, 1.54) is 12.8 Å². The average molecular weight is 323 g/mol. The van der Waals surface area contributed by atoms with Crippen molar-refractivity contribution >= 4 is 5.82 Å². The van der Waals surface area contributed by atoms with Crippen LogP contribution in [0.15, 0.2) is 35.4 Å². The van der Waals surface area contributed by atoms with Crippen LogP contribution in [-0.4, -0.2) is 43.0 Å². The van der Waals surface area contributed by atoms with Gasteiger partial charge in [-0.1, -0.05) is 5.16 Å². The Balaban J connectivity index is 1.34. The van der Waals surface area contributed by atoms with Crippen molar-refractivity contribution in [2.75, 3.05) is 18.0 Å². The van der Waals surface area contributed by atoms with Crippen LogP contribution < -0.4 is 4.90 Å². The van der Waals surface area contributed by atoms with Crippen LogP contribution in [0.5, 0.6) is 0 Å². The Morgan fingerprint density at radius 1 is 1.04 bits per heavy atom. The first kappa shape index (κ1) is 13.6. The summed E-state index contributed by atoms with van der Waals surface area (Å²) in [5.74, 6) is 4.00. The molecule has 2 aliphatic rings. The summed E-state index contributed by atoms with van der Waals surface area (Å²) < 4.78 is 7.19. The molecule has 0 aromatic carbocycles. The molecule has 8 heteroatoms. The van der Waals surface area contributed by atoms with Gasteiger partial charge in [0.15, 0.2) is 11.6 Å². The Hall–Kier alpha value is -2.77. The highest BCUT2D eigenvalue weighted by molar-refractivity contribution is 5.41. The third kappa shape index (κ3) is 2.44. The SMILES string of the molecule is c1cnn(-c2cncc(N3CC[C@H](c4nc(C5CC5)no4)C3)n2)c1. The predicted octanol–water partition coefficient (Wildman–Crippen LogP) is 1.92. The van der Waals surface area contributed by atoms with E-state index in [-0.39, 0.29) is 5.92 Å². The van der Waals surface area contributed by atoms with Crippen molar-refractivity contribution in [3.63, 3.8) is 0 Å². The fourth-order valence-electron chi connectivity index (χ4n) is 3.10. The third-order valence-electron chi connectivity index (χ3n) is 4.61. The minimum Gasteiger partial charge on any atom is -0.354 e. The van der Waals surface area contributed by atoms with Gasteiger partial charge < -0.3 is 9.42 Å². The molecular weight excluding hydrogens is 306 g/mol. The lowest BCUT2D eigenvalue weighted by Crippen LogP contribution is -2.21. The van der Waals surface area contributed by atoms with Crippen LogP contribution in [0.25, 0.3) is 5.82 Å². The van der Waals surface area contributed by atoms with Crippen LogP contribution in [0, 0.1) is 0 Å². The van der Waals surface area contributed by atoms with Crippen LogP contribution in [-0.2, 0) is 0 Å². The molecule has 0 radical (unpaired) electrons. The smallest absolute Gasteiger partial charge is 0.231 e. The molecule has 122 valence electrons. The number of hydrogen-bond acceptors (Lipinski definition) is 7. The highest BCUT2D eigenvalue weighted by Gasteiger charge is 2.33. The highest BCUT2D eigenvalue weighted by Crippen LogP contribution is 2.39. The Morgan fingerprint density at radius 3 is 2.79 bits per heavy atom. The summed E-state index contributed by atoms with van der Waals surface area (Å²) in [4.78, 5) is 15.8. The first-order valence-corrected chi connectivity index (χ1v) is 8.27. The van der Waals surface area contributed by atoms with Gasteiger partial charge in [-0.05, 0) is 25.3 Å². The Bertz CT molecular complexity index is 840. The van der Waals surface area contributed by atoms with Gasteiger partial charge >= 0.3 is 0 Å². The van der Waals surface area contributed by atoms with Crippen LogP contribution >= 0.6 is 0 Å². The van der Waals surface area contributed by atoms with E-state index in [4.69, 9.17) is 4.52 Å². The van der Waals surface area contributed by atoms with Gasteiger partial charge in [0, 0.05) is 31.4 Å². The van der Waals surface area contributed by atoms with E-state index >= 15 is 0 Å². The van der Waals surface area contributed by atoms with E-state index in [2.05, 4.69) is 30.1 Å². The minimum atomic E-state index is 0.264. The van der Waals surface area contributed by atoms with Crippen LogP contribution in [0.2, 0.25) is 0 Å². The lowest BCUT2D eigenvalue weighted by atomic mass is 10.1. The lowest BCUT2D eigenvalue weighted by molar-refractivity contribution is 0.355. The van der Waals surface area contributed by atoms with Crippen molar-refractivity contribution in [2.45, 2.75) is 31.1 Å². The zero-order valence-electron chi connectivity index (χ0n) is 13.1. The van der Waals surface area contributed by atoms with E-state index in [1.54, 1.807) is 23.3 Å². The molecule has 0 spiro atoms. The van der Waals surface area contributed by atoms with Gasteiger partial charge in [-0.15, -0.1) is 0 Å². The maximum atomic E-state index is 5.48. The fourth-order valence-corrected chi connectivity index (χ4v) is 3.10. The molecule has 4 heterocycles. The molecular formula is C16H17N7O. The standard InChI is InChI=1S/C16H17N7O/c1-5-18-23(6-1)14-9-17-8-13(19-14)22-7-4-12(10-22)16-20-15(21-24-16)11-2-3-11/h1,5-6,8-9,11-12H,2-4,7,10H2/t12-/m0/s1. The van der Waals surface area contributed by atoms with Gasteiger partial charge in [0.2, 0.25) is 5.89 Å². The van der Waals surface area contributed by atoms with E-state index in [0.29, 0.717) is 5.92 Å². The zero-order valence-corrected chi connectivity index (χ0v) is 13.1. The molecule has 1 saturated carbocycles. The second kappa shape index (κ2) is 5.40. The van der Waals surface area contributed by atoms with E-state index in [0.717, 1.165) is 42.9 Å². The van der Waals surface area contributed by atoms with Gasteiger partial charge in [-0.2, -0.15) is 10.1 Å². The molecule has 0 N–H and O–H groups in total. The molecule has 0 bridgehead atoms. The van der Waals surface area contributed by atoms with Crippen molar-refractivity contribution in [3.05, 3.63) is 42.6 Å². The fraction of sp³-hybridized carbons (Fsp3) is 0.438. The Morgan fingerprint density at radius 2 is 1.96 bits per heavy atom. The Labute approximate surface area is 138 Å². The van der Waals surface area contributed by atoms with Gasteiger partial charge in [0.1, 0.15) is 5.82 Å².